The van der Waals surface area contributed by atoms with Gasteiger partial charge in [0.2, 0.25) is 0 Å². The second-order valence-corrected chi connectivity index (χ2v) is 6.84. The van der Waals surface area contributed by atoms with Crippen LogP contribution in [0.25, 0.3) is 0 Å². The first-order chi connectivity index (χ1) is 11.2. The van der Waals surface area contributed by atoms with Crippen LogP contribution < -0.4 is 15.8 Å². The Morgan fingerprint density at radius 2 is 2.04 bits per heavy atom. The maximum atomic E-state index is 12.3. The molecule has 0 unspecified atom stereocenters. The third kappa shape index (κ3) is 4.53. The van der Waals surface area contributed by atoms with Gasteiger partial charge < -0.3 is 25.4 Å². The van der Waals surface area contributed by atoms with Crippen LogP contribution in [0, 0.1) is 0 Å². The van der Waals surface area contributed by atoms with Gasteiger partial charge in [-0.05, 0) is 45.4 Å². The molecule has 1 aromatic rings. The minimum absolute atomic E-state index is 0.103. The van der Waals surface area contributed by atoms with E-state index in [0.29, 0.717) is 36.5 Å². The van der Waals surface area contributed by atoms with Crippen molar-refractivity contribution < 1.29 is 19.1 Å². The number of amides is 2. The summed E-state index contributed by atoms with van der Waals surface area (Å²) in [5, 5.41) is 2.93. The van der Waals surface area contributed by atoms with E-state index in [1.54, 1.807) is 23.1 Å². The van der Waals surface area contributed by atoms with Crippen molar-refractivity contribution in [2.24, 2.45) is 0 Å². The van der Waals surface area contributed by atoms with Crippen LogP contribution in [0.3, 0.4) is 0 Å². The molecule has 0 aliphatic carbocycles. The molecule has 1 aromatic carbocycles. The Hall–Kier alpha value is -2.44. The fraction of sp³-hybridized carbons (Fsp3) is 0.529. The van der Waals surface area contributed by atoms with Crippen molar-refractivity contribution in [2.45, 2.75) is 38.8 Å². The third-order valence-electron chi connectivity index (χ3n) is 3.67. The molecule has 1 heterocycles. The van der Waals surface area contributed by atoms with Crippen LogP contribution in [0.1, 0.15) is 37.6 Å². The monoisotopic (exact) mass is 335 g/mol. The first kappa shape index (κ1) is 17.9. The lowest BCUT2D eigenvalue weighted by atomic mass is 10.1. The Labute approximate surface area is 142 Å². The summed E-state index contributed by atoms with van der Waals surface area (Å²) in [5.41, 5.74) is 6.17. The van der Waals surface area contributed by atoms with Crippen LogP contribution >= 0.6 is 0 Å². The molecular formula is C17H25N3O4. The van der Waals surface area contributed by atoms with E-state index in [9.17, 15) is 9.59 Å². The normalized spacial score (nSPS) is 17.5. The molecular weight excluding hydrogens is 310 g/mol. The molecule has 2 rings (SSSR count). The van der Waals surface area contributed by atoms with Crippen molar-refractivity contribution in [3.63, 3.8) is 0 Å². The van der Waals surface area contributed by atoms with Gasteiger partial charge in [0.1, 0.15) is 11.4 Å². The van der Waals surface area contributed by atoms with Crippen molar-refractivity contribution >= 4 is 17.7 Å². The molecule has 24 heavy (non-hydrogen) atoms. The molecule has 7 heteroatoms. The smallest absolute Gasteiger partial charge is 0.410 e. The van der Waals surface area contributed by atoms with Crippen molar-refractivity contribution in [3.05, 3.63) is 23.8 Å². The number of carbonyl (C=O) groups is 2. The van der Waals surface area contributed by atoms with Crippen molar-refractivity contribution in [1.29, 1.82) is 0 Å². The average Bonchev–Trinajstić information content (AvgIpc) is 2.94. The molecule has 0 radical (unpaired) electrons. The Morgan fingerprint density at radius 3 is 2.67 bits per heavy atom. The zero-order chi connectivity index (χ0) is 17.9. The third-order valence-corrected chi connectivity index (χ3v) is 3.67. The first-order valence-corrected chi connectivity index (χ1v) is 7.92. The molecule has 1 atom stereocenters. The van der Waals surface area contributed by atoms with Gasteiger partial charge in [-0.25, -0.2) is 4.79 Å². The Kier molecular flexibility index (Phi) is 5.21. The molecule has 1 fully saturated rings. The van der Waals surface area contributed by atoms with Gasteiger partial charge in [0.15, 0.2) is 0 Å². The van der Waals surface area contributed by atoms with E-state index in [1.165, 1.54) is 7.11 Å². The van der Waals surface area contributed by atoms with Crippen LogP contribution in [-0.2, 0) is 4.74 Å². The largest absolute Gasteiger partial charge is 0.495 e. The second-order valence-electron chi connectivity index (χ2n) is 6.84. The summed E-state index contributed by atoms with van der Waals surface area (Å²) < 4.78 is 10.5. The molecule has 3 N–H and O–H groups in total. The minimum atomic E-state index is -0.529. The van der Waals surface area contributed by atoms with Crippen LogP contribution in [0.15, 0.2) is 18.2 Å². The summed E-state index contributed by atoms with van der Waals surface area (Å²) >= 11 is 0. The number of nitrogen functional groups attached to an aromatic ring is 1. The highest BCUT2D eigenvalue weighted by Gasteiger charge is 2.30. The molecule has 1 saturated heterocycles. The first-order valence-electron chi connectivity index (χ1n) is 7.92. The minimum Gasteiger partial charge on any atom is -0.495 e. The number of benzene rings is 1. The highest BCUT2D eigenvalue weighted by molar-refractivity contribution is 5.95. The van der Waals surface area contributed by atoms with Gasteiger partial charge >= 0.3 is 6.09 Å². The molecule has 0 spiro atoms. The predicted molar refractivity (Wildman–Crippen MR) is 91.1 cm³/mol. The van der Waals surface area contributed by atoms with Crippen molar-refractivity contribution in [3.8, 4) is 5.75 Å². The zero-order valence-corrected chi connectivity index (χ0v) is 14.6. The van der Waals surface area contributed by atoms with Gasteiger partial charge in [-0.15, -0.1) is 0 Å². The maximum Gasteiger partial charge on any atom is 0.410 e. The van der Waals surface area contributed by atoms with E-state index in [1.807, 2.05) is 20.8 Å². The number of likely N-dealkylation sites (tertiary alicyclic amines) is 1. The summed E-state index contributed by atoms with van der Waals surface area (Å²) in [6.45, 7) is 6.48. The Morgan fingerprint density at radius 1 is 1.33 bits per heavy atom. The van der Waals surface area contributed by atoms with Crippen LogP contribution in [0.5, 0.6) is 5.75 Å². The highest BCUT2D eigenvalue weighted by atomic mass is 16.6. The van der Waals surface area contributed by atoms with E-state index in [2.05, 4.69) is 5.32 Å². The number of nitrogens with two attached hydrogens (primary N) is 1. The van der Waals surface area contributed by atoms with Crippen molar-refractivity contribution in [2.75, 3.05) is 25.9 Å². The van der Waals surface area contributed by atoms with Gasteiger partial charge in [-0.2, -0.15) is 0 Å². The molecule has 0 bridgehead atoms. The number of rotatable bonds is 3. The number of ether oxygens (including phenoxy) is 2. The second kappa shape index (κ2) is 6.98. The number of carbonyl (C=O) groups excluding carboxylic acids is 2. The predicted octanol–water partition coefficient (Wildman–Crippen LogP) is 2.02. The summed E-state index contributed by atoms with van der Waals surface area (Å²) in [6.07, 6.45) is 0.338. The van der Waals surface area contributed by atoms with E-state index >= 15 is 0 Å². The number of anilines is 1. The summed E-state index contributed by atoms with van der Waals surface area (Å²) in [7, 11) is 1.50. The van der Waals surface area contributed by atoms with Gasteiger partial charge in [-0.3, -0.25) is 4.79 Å². The Bertz CT molecular complexity index is 625. The summed E-state index contributed by atoms with van der Waals surface area (Å²) in [5.74, 6) is 0.244. The Balaban J connectivity index is 1.93. The fourth-order valence-electron chi connectivity index (χ4n) is 2.49. The molecule has 2 amide bonds. The van der Waals surface area contributed by atoms with Gasteiger partial charge in [0.25, 0.3) is 5.91 Å². The summed E-state index contributed by atoms with van der Waals surface area (Å²) in [6, 6.07) is 4.78. The quantitative estimate of drug-likeness (QED) is 0.824. The molecule has 132 valence electrons. The lowest BCUT2D eigenvalue weighted by molar-refractivity contribution is 0.0290. The standard InChI is InChI=1S/C17H25N3O4/c1-17(2,3)24-16(22)20-8-7-12(10-20)19-15(21)11-5-6-13(18)14(9-11)23-4/h5-6,9,12H,7-8,10,18H2,1-4H3,(H,19,21)/t12-/m0/s1. The average molecular weight is 335 g/mol. The van der Waals surface area contributed by atoms with Crippen LogP contribution in [-0.4, -0.2) is 48.7 Å². The SMILES string of the molecule is COc1cc(C(=O)N[C@H]2CCN(C(=O)OC(C)(C)C)C2)ccc1N. The molecule has 1 aliphatic heterocycles. The van der Waals surface area contributed by atoms with Crippen molar-refractivity contribution in [1.82, 2.24) is 10.2 Å². The lowest BCUT2D eigenvalue weighted by Crippen LogP contribution is -2.40. The molecule has 7 nitrogen and oxygen atoms in total. The molecule has 0 aromatic heterocycles. The topological polar surface area (TPSA) is 93.9 Å². The van der Waals surface area contributed by atoms with Crippen LogP contribution in [0.4, 0.5) is 10.5 Å². The van der Waals surface area contributed by atoms with Gasteiger partial charge in [-0.1, -0.05) is 0 Å². The number of nitrogens with one attached hydrogen (secondary N) is 1. The van der Waals surface area contributed by atoms with E-state index in [-0.39, 0.29) is 18.0 Å². The molecule has 0 saturated carbocycles. The molecule has 1 aliphatic rings. The lowest BCUT2D eigenvalue weighted by Gasteiger charge is -2.24. The maximum absolute atomic E-state index is 12.3. The van der Waals surface area contributed by atoms with E-state index < -0.39 is 5.60 Å². The van der Waals surface area contributed by atoms with Crippen LogP contribution in [0.2, 0.25) is 0 Å². The van der Waals surface area contributed by atoms with Gasteiger partial charge in [0, 0.05) is 24.7 Å². The van der Waals surface area contributed by atoms with Gasteiger partial charge in [0.05, 0.1) is 12.8 Å². The van der Waals surface area contributed by atoms with E-state index in [0.717, 1.165) is 0 Å². The number of nitrogens with zero attached hydrogens (tertiary/aromatic N) is 1. The fourth-order valence-corrected chi connectivity index (χ4v) is 2.49. The number of hydrogen-bond acceptors (Lipinski definition) is 5. The zero-order valence-electron chi connectivity index (χ0n) is 14.6. The van der Waals surface area contributed by atoms with E-state index in [4.69, 9.17) is 15.2 Å². The summed E-state index contributed by atoms with van der Waals surface area (Å²) in [4.78, 5) is 26.0. The number of hydrogen-bond donors (Lipinski definition) is 2. The number of methoxy groups -OCH3 is 1. The highest BCUT2D eigenvalue weighted by Crippen LogP contribution is 2.22.